The van der Waals surface area contributed by atoms with Crippen LogP contribution in [0.25, 0.3) is 0 Å². The molecule has 0 unspecified atom stereocenters. The average Bonchev–Trinajstić information content (AvgIpc) is 3.10. The average molecular weight is 316 g/mol. The molecule has 0 radical (unpaired) electrons. The van der Waals surface area contributed by atoms with E-state index in [0.29, 0.717) is 0 Å². The zero-order valence-electron chi connectivity index (χ0n) is 14.8. The van der Waals surface area contributed by atoms with E-state index in [1.807, 2.05) is 0 Å². The first-order chi connectivity index (χ1) is 11.3. The summed E-state index contributed by atoms with van der Waals surface area (Å²) in [6.07, 6.45) is 4.98. The molecular formula is C19H32N4. The number of likely N-dealkylation sites (tertiary alicyclic amines) is 1. The number of rotatable bonds is 8. The second-order valence-corrected chi connectivity index (χ2v) is 6.15. The number of hydrogen-bond acceptors (Lipinski definition) is 2. The first-order valence-electron chi connectivity index (χ1n) is 9.14. The maximum atomic E-state index is 4.74. The molecule has 4 nitrogen and oxygen atoms in total. The van der Waals surface area contributed by atoms with Crippen LogP contribution in [0.4, 0.5) is 0 Å². The van der Waals surface area contributed by atoms with Gasteiger partial charge in [-0.3, -0.25) is 0 Å². The predicted molar refractivity (Wildman–Crippen MR) is 98.9 cm³/mol. The van der Waals surface area contributed by atoms with Gasteiger partial charge in [0.25, 0.3) is 0 Å². The molecule has 1 saturated heterocycles. The summed E-state index contributed by atoms with van der Waals surface area (Å²) in [5.41, 5.74) is 2.71. The van der Waals surface area contributed by atoms with Crippen LogP contribution in [0.2, 0.25) is 0 Å². The van der Waals surface area contributed by atoms with Gasteiger partial charge in [0.2, 0.25) is 0 Å². The van der Waals surface area contributed by atoms with Crippen molar-refractivity contribution in [3.05, 3.63) is 35.4 Å². The van der Waals surface area contributed by atoms with Crippen LogP contribution in [0.15, 0.2) is 29.3 Å². The van der Waals surface area contributed by atoms with Crippen LogP contribution in [0.5, 0.6) is 0 Å². The molecule has 1 aliphatic rings. The molecule has 1 aliphatic heterocycles. The molecule has 0 atom stereocenters. The number of guanidine groups is 1. The summed E-state index contributed by atoms with van der Waals surface area (Å²) in [4.78, 5) is 7.30. The molecular weight excluding hydrogens is 284 g/mol. The second kappa shape index (κ2) is 10.3. The maximum Gasteiger partial charge on any atom is 0.191 e. The van der Waals surface area contributed by atoms with Gasteiger partial charge < -0.3 is 15.5 Å². The van der Waals surface area contributed by atoms with Gasteiger partial charge in [0.1, 0.15) is 0 Å². The minimum Gasteiger partial charge on any atom is -0.357 e. The molecule has 0 aliphatic carbocycles. The van der Waals surface area contributed by atoms with Crippen LogP contribution in [-0.2, 0) is 13.0 Å². The topological polar surface area (TPSA) is 39.7 Å². The van der Waals surface area contributed by atoms with Crippen molar-refractivity contribution in [2.24, 2.45) is 4.99 Å². The molecule has 0 amide bonds. The lowest BCUT2D eigenvalue weighted by Gasteiger charge is -2.16. The van der Waals surface area contributed by atoms with Gasteiger partial charge in [0, 0.05) is 13.1 Å². The van der Waals surface area contributed by atoms with Crippen molar-refractivity contribution in [3.8, 4) is 0 Å². The Balaban J connectivity index is 1.79. The zero-order chi connectivity index (χ0) is 16.3. The van der Waals surface area contributed by atoms with E-state index in [1.54, 1.807) is 0 Å². The van der Waals surface area contributed by atoms with Gasteiger partial charge in [-0.15, -0.1) is 0 Å². The summed E-state index contributed by atoms with van der Waals surface area (Å²) in [6, 6.07) is 8.58. The molecule has 0 spiro atoms. The summed E-state index contributed by atoms with van der Waals surface area (Å²) in [7, 11) is 0. The lowest BCUT2D eigenvalue weighted by molar-refractivity contribution is 0.334. The highest BCUT2D eigenvalue weighted by Gasteiger charge is 2.10. The Kier molecular flexibility index (Phi) is 7.95. The summed E-state index contributed by atoms with van der Waals surface area (Å²) in [5.74, 6) is 0.930. The van der Waals surface area contributed by atoms with E-state index in [1.165, 1.54) is 50.0 Å². The van der Waals surface area contributed by atoms with E-state index in [9.17, 15) is 0 Å². The lowest BCUT2D eigenvalue weighted by atomic mass is 10.1. The van der Waals surface area contributed by atoms with Crippen LogP contribution in [-0.4, -0.2) is 43.6 Å². The summed E-state index contributed by atoms with van der Waals surface area (Å²) < 4.78 is 0. The first-order valence-corrected chi connectivity index (χ1v) is 9.14. The van der Waals surface area contributed by atoms with Crippen molar-refractivity contribution in [3.63, 3.8) is 0 Å². The van der Waals surface area contributed by atoms with Crippen molar-refractivity contribution in [1.82, 2.24) is 15.5 Å². The van der Waals surface area contributed by atoms with E-state index in [2.05, 4.69) is 53.6 Å². The summed E-state index contributed by atoms with van der Waals surface area (Å²) in [5, 5.41) is 6.81. The fraction of sp³-hybridized carbons (Fsp3) is 0.632. The number of aliphatic imine (C=N–C) groups is 1. The number of hydrogen-bond donors (Lipinski definition) is 2. The molecule has 1 aromatic carbocycles. The van der Waals surface area contributed by atoms with Crippen molar-refractivity contribution in [1.29, 1.82) is 0 Å². The highest BCUT2D eigenvalue weighted by atomic mass is 15.2. The number of nitrogens with zero attached hydrogens (tertiary/aromatic N) is 2. The lowest BCUT2D eigenvalue weighted by Crippen LogP contribution is -2.38. The third kappa shape index (κ3) is 6.22. The van der Waals surface area contributed by atoms with Crippen molar-refractivity contribution in [2.75, 3.05) is 32.7 Å². The highest BCUT2D eigenvalue weighted by molar-refractivity contribution is 5.79. The fourth-order valence-corrected chi connectivity index (χ4v) is 3.08. The monoisotopic (exact) mass is 316 g/mol. The van der Waals surface area contributed by atoms with Crippen LogP contribution in [0, 0.1) is 0 Å². The molecule has 0 bridgehead atoms. The first kappa shape index (κ1) is 17.8. The van der Waals surface area contributed by atoms with E-state index in [-0.39, 0.29) is 0 Å². The van der Waals surface area contributed by atoms with E-state index in [4.69, 9.17) is 4.99 Å². The van der Waals surface area contributed by atoms with Gasteiger partial charge in [-0.2, -0.15) is 0 Å². The third-order valence-electron chi connectivity index (χ3n) is 4.39. The molecule has 2 rings (SSSR count). The maximum absolute atomic E-state index is 4.74. The number of aryl methyl sites for hydroxylation is 1. The molecule has 1 fully saturated rings. The molecule has 0 saturated carbocycles. The summed E-state index contributed by atoms with van der Waals surface area (Å²) in [6.45, 7) is 10.7. The Morgan fingerprint density at radius 2 is 1.83 bits per heavy atom. The number of nitrogens with one attached hydrogen (secondary N) is 2. The Morgan fingerprint density at radius 1 is 1.09 bits per heavy atom. The van der Waals surface area contributed by atoms with Crippen LogP contribution >= 0.6 is 0 Å². The van der Waals surface area contributed by atoms with Gasteiger partial charge in [-0.05, 0) is 63.4 Å². The van der Waals surface area contributed by atoms with Crippen LogP contribution < -0.4 is 10.6 Å². The Morgan fingerprint density at radius 3 is 2.52 bits per heavy atom. The van der Waals surface area contributed by atoms with E-state index < -0.39 is 0 Å². The molecule has 4 heteroatoms. The third-order valence-corrected chi connectivity index (χ3v) is 4.39. The van der Waals surface area contributed by atoms with Crippen LogP contribution in [0.3, 0.4) is 0 Å². The number of benzene rings is 1. The predicted octanol–water partition coefficient (Wildman–Crippen LogP) is 2.79. The van der Waals surface area contributed by atoms with Gasteiger partial charge in [0.15, 0.2) is 5.96 Å². The molecule has 0 aromatic heterocycles. The fourth-order valence-electron chi connectivity index (χ4n) is 3.08. The standard InChI is InChI=1S/C19H32N4/c1-3-17-10-5-6-11-18(17)16-22-19(20-4-2)21-12-9-15-23-13-7-8-14-23/h5-6,10-11H,3-4,7-9,12-16H2,1-2H3,(H2,20,21,22). The van der Waals surface area contributed by atoms with Gasteiger partial charge >= 0.3 is 0 Å². The molecule has 2 N–H and O–H groups in total. The summed E-state index contributed by atoms with van der Waals surface area (Å²) >= 11 is 0. The van der Waals surface area contributed by atoms with Crippen LogP contribution in [0.1, 0.15) is 44.2 Å². The Labute approximate surface area is 141 Å². The second-order valence-electron chi connectivity index (χ2n) is 6.15. The molecule has 128 valence electrons. The van der Waals surface area contributed by atoms with Gasteiger partial charge in [-0.25, -0.2) is 4.99 Å². The normalized spacial score (nSPS) is 15.8. The van der Waals surface area contributed by atoms with Crippen molar-refractivity contribution >= 4 is 5.96 Å². The largest absolute Gasteiger partial charge is 0.357 e. The highest BCUT2D eigenvalue weighted by Crippen LogP contribution is 2.10. The minimum absolute atomic E-state index is 0.742. The van der Waals surface area contributed by atoms with Crippen molar-refractivity contribution in [2.45, 2.75) is 46.1 Å². The Hall–Kier alpha value is -1.55. The quantitative estimate of drug-likeness (QED) is 0.440. The van der Waals surface area contributed by atoms with Gasteiger partial charge in [-0.1, -0.05) is 31.2 Å². The van der Waals surface area contributed by atoms with E-state index in [0.717, 1.165) is 32.0 Å². The minimum atomic E-state index is 0.742. The molecule has 1 aromatic rings. The zero-order valence-corrected chi connectivity index (χ0v) is 14.8. The molecule has 1 heterocycles. The van der Waals surface area contributed by atoms with Gasteiger partial charge in [0.05, 0.1) is 6.54 Å². The Bertz CT molecular complexity index is 478. The van der Waals surface area contributed by atoms with Crippen molar-refractivity contribution < 1.29 is 0 Å². The molecule has 23 heavy (non-hydrogen) atoms. The smallest absolute Gasteiger partial charge is 0.191 e. The SMILES string of the molecule is CCNC(=NCc1ccccc1CC)NCCCN1CCCC1. The van der Waals surface area contributed by atoms with E-state index >= 15 is 0 Å².